The topological polar surface area (TPSA) is 38.3 Å². The Balaban J connectivity index is 1.98. The van der Waals surface area contributed by atoms with Gasteiger partial charge in [-0.05, 0) is 47.1 Å². The molecule has 0 aliphatic rings. The normalized spacial score (nSPS) is 11.7. The fraction of sp³-hybridized carbons (Fsp3) is 0.133. The lowest BCUT2D eigenvalue weighted by molar-refractivity contribution is -0.122. The van der Waals surface area contributed by atoms with Gasteiger partial charge in [0, 0.05) is 5.69 Å². The summed E-state index contributed by atoms with van der Waals surface area (Å²) in [6.45, 7) is 1.72. The molecule has 2 aromatic rings. The van der Waals surface area contributed by atoms with Crippen LogP contribution in [0.2, 0.25) is 0 Å². The molecule has 0 radical (unpaired) electrons. The first-order chi connectivity index (χ1) is 9.16. The van der Waals surface area contributed by atoms with Crippen LogP contribution in [0.3, 0.4) is 0 Å². The van der Waals surface area contributed by atoms with E-state index in [4.69, 9.17) is 4.74 Å². The van der Waals surface area contributed by atoms with E-state index in [2.05, 4.69) is 21.2 Å². The van der Waals surface area contributed by atoms with Crippen LogP contribution in [-0.4, -0.2) is 12.0 Å². The molecule has 0 saturated heterocycles. The van der Waals surface area contributed by atoms with Crippen molar-refractivity contribution in [2.24, 2.45) is 0 Å². The SMILES string of the molecule is C[C@@H](Oc1ccccc1Br)C(=O)Nc1ccccc1. The molecular weight excluding hydrogens is 306 g/mol. The van der Waals surface area contributed by atoms with E-state index in [1.165, 1.54) is 0 Å². The van der Waals surface area contributed by atoms with Gasteiger partial charge in [-0.25, -0.2) is 0 Å². The third-order valence-electron chi connectivity index (χ3n) is 2.55. The zero-order valence-electron chi connectivity index (χ0n) is 10.5. The second-order valence-electron chi connectivity index (χ2n) is 4.05. The Kier molecular flexibility index (Phi) is 4.58. The Morgan fingerprint density at radius 3 is 2.42 bits per heavy atom. The first-order valence-electron chi connectivity index (χ1n) is 5.94. The van der Waals surface area contributed by atoms with Crippen LogP contribution in [0.1, 0.15) is 6.92 Å². The first-order valence-corrected chi connectivity index (χ1v) is 6.73. The Bertz CT molecular complexity index is 557. The molecule has 0 bridgehead atoms. The average molecular weight is 320 g/mol. The van der Waals surface area contributed by atoms with Crippen LogP contribution >= 0.6 is 15.9 Å². The number of hydrogen-bond acceptors (Lipinski definition) is 2. The minimum Gasteiger partial charge on any atom is -0.480 e. The quantitative estimate of drug-likeness (QED) is 0.929. The second kappa shape index (κ2) is 6.38. The number of amides is 1. The Labute approximate surface area is 120 Å². The highest BCUT2D eigenvalue weighted by atomic mass is 79.9. The maximum Gasteiger partial charge on any atom is 0.265 e. The van der Waals surface area contributed by atoms with E-state index in [0.717, 1.165) is 10.2 Å². The molecular formula is C15H14BrNO2. The molecule has 4 heteroatoms. The van der Waals surface area contributed by atoms with Gasteiger partial charge in [0.2, 0.25) is 0 Å². The van der Waals surface area contributed by atoms with Crippen molar-refractivity contribution < 1.29 is 9.53 Å². The van der Waals surface area contributed by atoms with Gasteiger partial charge in [0.15, 0.2) is 6.10 Å². The number of halogens is 1. The van der Waals surface area contributed by atoms with Crippen molar-refractivity contribution in [2.75, 3.05) is 5.32 Å². The summed E-state index contributed by atoms with van der Waals surface area (Å²) in [6, 6.07) is 16.8. The molecule has 19 heavy (non-hydrogen) atoms. The molecule has 0 aliphatic heterocycles. The van der Waals surface area contributed by atoms with Gasteiger partial charge in [0.1, 0.15) is 5.75 Å². The summed E-state index contributed by atoms with van der Waals surface area (Å²) in [5.41, 5.74) is 0.759. The summed E-state index contributed by atoms with van der Waals surface area (Å²) in [4.78, 5) is 12.0. The van der Waals surface area contributed by atoms with E-state index in [0.29, 0.717) is 5.75 Å². The number of hydrogen-bond donors (Lipinski definition) is 1. The molecule has 0 unspecified atom stereocenters. The first kappa shape index (κ1) is 13.6. The van der Waals surface area contributed by atoms with Crippen molar-refractivity contribution in [3.05, 3.63) is 59.1 Å². The fourth-order valence-electron chi connectivity index (χ4n) is 1.55. The van der Waals surface area contributed by atoms with Gasteiger partial charge < -0.3 is 10.1 Å². The number of anilines is 1. The maximum atomic E-state index is 12.0. The van der Waals surface area contributed by atoms with E-state index >= 15 is 0 Å². The zero-order chi connectivity index (χ0) is 13.7. The third kappa shape index (κ3) is 3.83. The van der Waals surface area contributed by atoms with Crippen molar-refractivity contribution in [2.45, 2.75) is 13.0 Å². The van der Waals surface area contributed by atoms with Crippen LogP contribution in [0.5, 0.6) is 5.75 Å². The summed E-state index contributed by atoms with van der Waals surface area (Å²) in [5.74, 6) is 0.472. The molecule has 0 heterocycles. The van der Waals surface area contributed by atoms with E-state index in [1.807, 2.05) is 54.6 Å². The molecule has 1 atom stereocenters. The smallest absolute Gasteiger partial charge is 0.265 e. The molecule has 0 aliphatic carbocycles. The van der Waals surface area contributed by atoms with Crippen molar-refractivity contribution in [3.8, 4) is 5.75 Å². The van der Waals surface area contributed by atoms with Crippen molar-refractivity contribution >= 4 is 27.5 Å². The molecule has 3 nitrogen and oxygen atoms in total. The standard InChI is InChI=1S/C15H14BrNO2/c1-11(19-14-10-6-5-9-13(14)16)15(18)17-12-7-3-2-4-8-12/h2-11H,1H3,(H,17,18)/t11-/m1/s1. The number of rotatable bonds is 4. The van der Waals surface area contributed by atoms with Crippen LogP contribution in [0.4, 0.5) is 5.69 Å². The summed E-state index contributed by atoms with van der Waals surface area (Å²) < 4.78 is 6.45. The van der Waals surface area contributed by atoms with Crippen LogP contribution in [-0.2, 0) is 4.79 Å². The van der Waals surface area contributed by atoms with Crippen molar-refractivity contribution in [1.29, 1.82) is 0 Å². The number of nitrogens with one attached hydrogen (secondary N) is 1. The largest absolute Gasteiger partial charge is 0.480 e. The maximum absolute atomic E-state index is 12.0. The lowest BCUT2D eigenvalue weighted by Gasteiger charge is -2.15. The average Bonchev–Trinajstić information content (AvgIpc) is 2.42. The summed E-state index contributed by atoms with van der Waals surface area (Å²) in [7, 11) is 0. The minimum atomic E-state index is -0.570. The molecule has 0 spiro atoms. The lowest BCUT2D eigenvalue weighted by Crippen LogP contribution is -2.30. The van der Waals surface area contributed by atoms with Gasteiger partial charge >= 0.3 is 0 Å². The Hall–Kier alpha value is -1.81. The molecule has 2 rings (SSSR count). The van der Waals surface area contributed by atoms with Gasteiger partial charge in [-0.2, -0.15) is 0 Å². The Morgan fingerprint density at radius 1 is 1.11 bits per heavy atom. The monoisotopic (exact) mass is 319 g/mol. The molecule has 0 saturated carbocycles. The zero-order valence-corrected chi connectivity index (χ0v) is 12.1. The molecule has 98 valence electrons. The van der Waals surface area contributed by atoms with E-state index in [-0.39, 0.29) is 5.91 Å². The van der Waals surface area contributed by atoms with Crippen LogP contribution in [0.15, 0.2) is 59.1 Å². The van der Waals surface area contributed by atoms with E-state index < -0.39 is 6.10 Å². The van der Waals surface area contributed by atoms with Gasteiger partial charge in [0.05, 0.1) is 4.47 Å². The van der Waals surface area contributed by atoms with E-state index in [9.17, 15) is 4.79 Å². The van der Waals surface area contributed by atoms with Gasteiger partial charge in [0.25, 0.3) is 5.91 Å². The van der Waals surface area contributed by atoms with Gasteiger partial charge in [-0.15, -0.1) is 0 Å². The minimum absolute atomic E-state index is 0.179. The number of carbonyl (C=O) groups is 1. The highest BCUT2D eigenvalue weighted by Gasteiger charge is 2.15. The third-order valence-corrected chi connectivity index (χ3v) is 3.21. The van der Waals surface area contributed by atoms with Crippen LogP contribution < -0.4 is 10.1 Å². The number of para-hydroxylation sites is 2. The van der Waals surface area contributed by atoms with Gasteiger partial charge in [-0.3, -0.25) is 4.79 Å². The number of benzene rings is 2. The molecule has 0 aromatic heterocycles. The molecule has 0 fully saturated rings. The molecule has 1 N–H and O–H groups in total. The predicted octanol–water partition coefficient (Wildman–Crippen LogP) is 3.86. The molecule has 2 aromatic carbocycles. The summed E-state index contributed by atoms with van der Waals surface area (Å²) in [6.07, 6.45) is -0.570. The Morgan fingerprint density at radius 2 is 1.74 bits per heavy atom. The van der Waals surface area contributed by atoms with E-state index in [1.54, 1.807) is 6.92 Å². The lowest BCUT2D eigenvalue weighted by atomic mass is 10.3. The van der Waals surface area contributed by atoms with Crippen molar-refractivity contribution in [3.63, 3.8) is 0 Å². The summed E-state index contributed by atoms with van der Waals surface area (Å²) in [5, 5.41) is 2.80. The number of ether oxygens (including phenoxy) is 1. The summed E-state index contributed by atoms with van der Waals surface area (Å²) >= 11 is 3.38. The molecule has 1 amide bonds. The number of carbonyl (C=O) groups excluding carboxylic acids is 1. The highest BCUT2D eigenvalue weighted by Crippen LogP contribution is 2.25. The van der Waals surface area contributed by atoms with Gasteiger partial charge in [-0.1, -0.05) is 30.3 Å². The van der Waals surface area contributed by atoms with Crippen LogP contribution in [0, 0.1) is 0 Å². The van der Waals surface area contributed by atoms with Crippen LogP contribution in [0.25, 0.3) is 0 Å². The van der Waals surface area contributed by atoms with Crippen molar-refractivity contribution in [1.82, 2.24) is 0 Å². The second-order valence-corrected chi connectivity index (χ2v) is 4.90. The highest BCUT2D eigenvalue weighted by molar-refractivity contribution is 9.10. The predicted molar refractivity (Wildman–Crippen MR) is 79.3 cm³/mol. The fourth-order valence-corrected chi connectivity index (χ4v) is 1.93.